The fourth-order valence-corrected chi connectivity index (χ4v) is 3.50. The van der Waals surface area contributed by atoms with Gasteiger partial charge in [-0.2, -0.15) is 0 Å². The van der Waals surface area contributed by atoms with Gasteiger partial charge in [0, 0.05) is 25.0 Å². The molecule has 29 heavy (non-hydrogen) atoms. The third-order valence-corrected chi connectivity index (χ3v) is 4.83. The van der Waals surface area contributed by atoms with Crippen molar-refractivity contribution >= 4 is 23.0 Å². The van der Waals surface area contributed by atoms with Crippen LogP contribution in [0.4, 0.5) is 5.69 Å². The summed E-state index contributed by atoms with van der Waals surface area (Å²) in [5.74, 6) is 0.429. The lowest BCUT2D eigenvalue weighted by molar-refractivity contribution is 0.0789. The Kier molecular flexibility index (Phi) is 5.20. The number of hydrogen-bond donors (Lipinski definition) is 1. The van der Waals surface area contributed by atoms with E-state index in [1.165, 1.54) is 0 Å². The van der Waals surface area contributed by atoms with Crippen LogP contribution in [0.2, 0.25) is 0 Å². The summed E-state index contributed by atoms with van der Waals surface area (Å²) in [5, 5.41) is 2.85. The second-order valence-electron chi connectivity index (χ2n) is 7.38. The van der Waals surface area contributed by atoms with E-state index >= 15 is 0 Å². The average Bonchev–Trinajstić information content (AvgIpc) is 3.37. The molecule has 3 heterocycles. The van der Waals surface area contributed by atoms with E-state index < -0.39 is 0 Å². The molecule has 0 unspecified atom stereocenters. The topological polar surface area (TPSA) is 75.9 Å². The maximum atomic E-state index is 12.9. The van der Waals surface area contributed by atoms with Crippen molar-refractivity contribution in [3.8, 4) is 5.75 Å². The number of nitrogens with zero attached hydrogens (tertiary/aromatic N) is 3. The first kappa shape index (κ1) is 19.0. The molecule has 0 radical (unpaired) electrons. The molecule has 1 N–H and O–H groups in total. The summed E-state index contributed by atoms with van der Waals surface area (Å²) in [7, 11) is 0. The van der Waals surface area contributed by atoms with Crippen molar-refractivity contribution in [3.63, 3.8) is 0 Å². The number of nitrogens with one attached hydrogen (secondary N) is 1. The Labute approximate surface area is 169 Å². The Bertz CT molecular complexity index is 1030. The van der Waals surface area contributed by atoms with Crippen molar-refractivity contribution < 1.29 is 14.3 Å². The van der Waals surface area contributed by atoms with Gasteiger partial charge in [-0.1, -0.05) is 6.07 Å². The van der Waals surface area contributed by atoms with Crippen LogP contribution in [-0.2, 0) is 0 Å². The van der Waals surface area contributed by atoms with Gasteiger partial charge in [-0.3, -0.25) is 14.0 Å². The number of carbonyl (C=O) groups excluding carboxylic acids is 2. The number of ether oxygens (including phenoxy) is 1. The zero-order chi connectivity index (χ0) is 20.4. The summed E-state index contributed by atoms with van der Waals surface area (Å²) >= 11 is 0. The maximum absolute atomic E-state index is 12.9. The van der Waals surface area contributed by atoms with Gasteiger partial charge in [0.05, 0.1) is 11.6 Å². The number of hydrogen-bond acceptors (Lipinski definition) is 4. The van der Waals surface area contributed by atoms with Crippen LogP contribution in [0.25, 0.3) is 5.52 Å². The smallest absolute Gasteiger partial charge is 0.292 e. The minimum absolute atomic E-state index is 0.0817. The quantitative estimate of drug-likeness (QED) is 0.720. The minimum atomic E-state index is -0.371. The van der Waals surface area contributed by atoms with Gasteiger partial charge < -0.3 is 15.0 Å². The van der Waals surface area contributed by atoms with E-state index in [1.807, 2.05) is 44.2 Å². The van der Waals surface area contributed by atoms with Crippen LogP contribution in [0.1, 0.15) is 47.8 Å². The number of carbonyl (C=O) groups is 2. The molecule has 7 heteroatoms. The summed E-state index contributed by atoms with van der Waals surface area (Å²) in [6.07, 6.45) is 3.83. The van der Waals surface area contributed by atoms with Crippen molar-refractivity contribution in [2.75, 3.05) is 18.4 Å². The highest BCUT2D eigenvalue weighted by Crippen LogP contribution is 2.21. The summed E-state index contributed by atoms with van der Waals surface area (Å²) in [6, 6.07) is 12.6. The number of fused-ring (bicyclic) bond motifs is 1. The van der Waals surface area contributed by atoms with Gasteiger partial charge in [0.2, 0.25) is 5.82 Å². The molecule has 0 bridgehead atoms. The van der Waals surface area contributed by atoms with E-state index in [0.29, 0.717) is 16.9 Å². The highest BCUT2D eigenvalue weighted by atomic mass is 16.5. The third kappa shape index (κ3) is 3.94. The molecule has 150 valence electrons. The van der Waals surface area contributed by atoms with Gasteiger partial charge in [0.25, 0.3) is 11.8 Å². The molecular formula is C22H24N4O3. The summed E-state index contributed by atoms with van der Waals surface area (Å²) < 4.78 is 7.29. The van der Waals surface area contributed by atoms with E-state index in [9.17, 15) is 9.59 Å². The van der Waals surface area contributed by atoms with Crippen molar-refractivity contribution in [1.82, 2.24) is 14.3 Å². The van der Waals surface area contributed by atoms with Crippen LogP contribution >= 0.6 is 0 Å². The third-order valence-electron chi connectivity index (χ3n) is 4.83. The molecule has 7 nitrogen and oxygen atoms in total. The number of aromatic nitrogens is 2. The van der Waals surface area contributed by atoms with E-state index in [-0.39, 0.29) is 23.7 Å². The number of imidazole rings is 1. The van der Waals surface area contributed by atoms with Gasteiger partial charge in [-0.25, -0.2) is 4.98 Å². The zero-order valence-corrected chi connectivity index (χ0v) is 16.6. The fourth-order valence-electron chi connectivity index (χ4n) is 3.50. The Hall–Kier alpha value is -3.35. The number of anilines is 1. The van der Waals surface area contributed by atoms with E-state index in [4.69, 9.17) is 4.74 Å². The number of likely N-dealkylation sites (tertiary alicyclic amines) is 1. The highest BCUT2D eigenvalue weighted by Gasteiger charge is 2.26. The Morgan fingerprint density at radius 1 is 1.07 bits per heavy atom. The molecule has 0 spiro atoms. The van der Waals surface area contributed by atoms with Gasteiger partial charge in [0.1, 0.15) is 5.75 Å². The standard InChI is InChI=1S/C22H24N4O3/c1-15(2)29-17-10-8-16(9-11-17)23-21(27)20-24-19(18-7-3-4-14-26(18)20)22(28)25-12-5-6-13-25/h3-4,7-11,14-15H,5-6,12-13H2,1-2H3,(H,23,27). The molecule has 4 rings (SSSR count). The Balaban J connectivity index is 1.60. The molecule has 0 atom stereocenters. The largest absolute Gasteiger partial charge is 0.491 e. The average molecular weight is 392 g/mol. The van der Waals surface area contributed by atoms with Crippen LogP contribution < -0.4 is 10.1 Å². The molecular weight excluding hydrogens is 368 g/mol. The Morgan fingerprint density at radius 2 is 1.79 bits per heavy atom. The van der Waals surface area contributed by atoms with E-state index in [0.717, 1.165) is 31.7 Å². The lowest BCUT2D eigenvalue weighted by Gasteiger charge is -2.13. The van der Waals surface area contributed by atoms with Crippen molar-refractivity contribution in [2.24, 2.45) is 0 Å². The van der Waals surface area contributed by atoms with Crippen LogP contribution in [0.3, 0.4) is 0 Å². The lowest BCUT2D eigenvalue weighted by atomic mass is 10.3. The van der Waals surface area contributed by atoms with Crippen molar-refractivity contribution in [1.29, 1.82) is 0 Å². The first-order valence-electron chi connectivity index (χ1n) is 9.87. The Morgan fingerprint density at radius 3 is 2.48 bits per heavy atom. The number of benzene rings is 1. The molecule has 1 fully saturated rings. The van der Waals surface area contributed by atoms with E-state index in [2.05, 4.69) is 10.3 Å². The summed E-state index contributed by atoms with van der Waals surface area (Å²) in [6.45, 7) is 5.38. The second kappa shape index (κ2) is 7.95. The predicted octanol–water partition coefficient (Wildman–Crippen LogP) is 3.61. The van der Waals surface area contributed by atoms with Gasteiger partial charge in [0.15, 0.2) is 5.69 Å². The number of amides is 2. The highest BCUT2D eigenvalue weighted by molar-refractivity contribution is 6.06. The first-order valence-corrected chi connectivity index (χ1v) is 9.87. The SMILES string of the molecule is CC(C)Oc1ccc(NC(=O)c2nc(C(=O)N3CCCC3)c3ccccn23)cc1. The van der Waals surface area contributed by atoms with Gasteiger partial charge in [-0.15, -0.1) is 0 Å². The summed E-state index contributed by atoms with van der Waals surface area (Å²) in [5.41, 5.74) is 1.58. The molecule has 0 aliphatic carbocycles. The fraction of sp³-hybridized carbons (Fsp3) is 0.318. The zero-order valence-electron chi connectivity index (χ0n) is 16.6. The predicted molar refractivity (Wildman–Crippen MR) is 110 cm³/mol. The molecule has 0 saturated carbocycles. The molecule has 1 saturated heterocycles. The van der Waals surface area contributed by atoms with Crippen LogP contribution in [-0.4, -0.2) is 45.3 Å². The van der Waals surface area contributed by atoms with Crippen molar-refractivity contribution in [3.05, 3.63) is 60.2 Å². The van der Waals surface area contributed by atoms with Crippen molar-refractivity contribution in [2.45, 2.75) is 32.8 Å². The molecule has 1 aromatic carbocycles. The molecule has 1 aliphatic rings. The van der Waals surface area contributed by atoms with Crippen LogP contribution in [0.5, 0.6) is 5.75 Å². The monoisotopic (exact) mass is 392 g/mol. The maximum Gasteiger partial charge on any atom is 0.292 e. The van der Waals surface area contributed by atoms with Crippen LogP contribution in [0, 0.1) is 0 Å². The lowest BCUT2D eigenvalue weighted by Crippen LogP contribution is -2.28. The minimum Gasteiger partial charge on any atom is -0.491 e. The van der Waals surface area contributed by atoms with E-state index in [1.54, 1.807) is 27.6 Å². The number of pyridine rings is 1. The normalized spacial score (nSPS) is 13.8. The van der Waals surface area contributed by atoms with Gasteiger partial charge in [-0.05, 0) is 63.1 Å². The van der Waals surface area contributed by atoms with Gasteiger partial charge >= 0.3 is 0 Å². The molecule has 2 amide bonds. The first-order chi connectivity index (χ1) is 14.0. The number of rotatable bonds is 5. The summed E-state index contributed by atoms with van der Waals surface area (Å²) in [4.78, 5) is 32.0. The molecule has 1 aliphatic heterocycles. The second-order valence-corrected chi connectivity index (χ2v) is 7.38. The van der Waals surface area contributed by atoms with Crippen LogP contribution in [0.15, 0.2) is 48.7 Å². The molecule has 2 aromatic heterocycles. The molecule has 3 aromatic rings.